The highest BCUT2D eigenvalue weighted by atomic mass is 19.1. The number of anilines is 3. The van der Waals surface area contributed by atoms with Gasteiger partial charge in [0, 0.05) is 11.8 Å². The van der Waals surface area contributed by atoms with Gasteiger partial charge in [0.25, 0.3) is 5.91 Å². The number of amides is 1. The highest BCUT2D eigenvalue weighted by molar-refractivity contribution is 6.02. The Bertz CT molecular complexity index is 912. The highest BCUT2D eigenvalue weighted by Crippen LogP contribution is 2.21. The summed E-state index contributed by atoms with van der Waals surface area (Å²) >= 11 is 0. The van der Waals surface area contributed by atoms with Crippen LogP contribution in [-0.2, 0) is 0 Å². The Labute approximate surface area is 147 Å². The van der Waals surface area contributed by atoms with Crippen LogP contribution in [0.15, 0.2) is 54.6 Å². The van der Waals surface area contributed by atoms with Crippen molar-refractivity contribution in [2.75, 3.05) is 17.7 Å². The zero-order valence-electron chi connectivity index (χ0n) is 13.7. The summed E-state index contributed by atoms with van der Waals surface area (Å²) in [6.45, 7) is 0. The molecule has 3 aromatic rings. The second-order valence-corrected chi connectivity index (χ2v) is 5.21. The molecule has 0 fully saturated rings. The second kappa shape index (κ2) is 7.56. The van der Waals surface area contributed by atoms with E-state index in [0.717, 1.165) is 17.8 Å². The van der Waals surface area contributed by atoms with Crippen molar-refractivity contribution in [2.45, 2.75) is 0 Å². The smallest absolute Gasteiger partial charge is 0.276 e. The molecule has 0 saturated heterocycles. The molecule has 8 heteroatoms. The minimum absolute atomic E-state index is 0.0798. The lowest BCUT2D eigenvalue weighted by Gasteiger charge is -2.08. The number of hydrogen-bond acceptors (Lipinski definition) is 5. The maximum atomic E-state index is 13.6. The van der Waals surface area contributed by atoms with Crippen LogP contribution in [0, 0.1) is 11.6 Å². The van der Waals surface area contributed by atoms with Crippen LogP contribution < -0.4 is 15.4 Å². The fourth-order valence-electron chi connectivity index (χ4n) is 2.16. The van der Waals surface area contributed by atoms with Crippen LogP contribution >= 0.6 is 0 Å². The van der Waals surface area contributed by atoms with Gasteiger partial charge in [-0.15, -0.1) is 10.2 Å². The molecule has 6 nitrogen and oxygen atoms in total. The van der Waals surface area contributed by atoms with Crippen molar-refractivity contribution in [3.05, 3.63) is 71.9 Å². The standard InChI is InChI=1S/C18H14F2N4O2/c1-26-12-5-2-4-11(10-12)21-16-9-8-15(23-24-16)18(25)22-17-13(19)6-3-7-14(17)20/h2-10H,1H3,(H,21,24)(H,22,25). The van der Waals surface area contributed by atoms with Crippen LogP contribution in [0.1, 0.15) is 10.5 Å². The number of methoxy groups -OCH3 is 1. The molecule has 0 aliphatic rings. The van der Waals surface area contributed by atoms with E-state index >= 15 is 0 Å². The van der Waals surface area contributed by atoms with Crippen LogP contribution in [0.5, 0.6) is 5.75 Å². The molecule has 0 atom stereocenters. The first-order valence-electron chi connectivity index (χ1n) is 7.57. The summed E-state index contributed by atoms with van der Waals surface area (Å²) in [5.74, 6) is -1.45. The van der Waals surface area contributed by atoms with Crippen molar-refractivity contribution >= 4 is 23.1 Å². The quantitative estimate of drug-likeness (QED) is 0.728. The normalized spacial score (nSPS) is 10.3. The molecule has 26 heavy (non-hydrogen) atoms. The third kappa shape index (κ3) is 3.92. The van der Waals surface area contributed by atoms with Crippen molar-refractivity contribution in [3.63, 3.8) is 0 Å². The zero-order chi connectivity index (χ0) is 18.5. The summed E-state index contributed by atoms with van der Waals surface area (Å²) in [6.07, 6.45) is 0. The summed E-state index contributed by atoms with van der Waals surface area (Å²) in [6, 6.07) is 13.4. The van der Waals surface area contributed by atoms with E-state index in [1.54, 1.807) is 25.3 Å². The number of benzene rings is 2. The number of nitrogens with zero attached hydrogens (tertiary/aromatic N) is 2. The first-order valence-corrected chi connectivity index (χ1v) is 7.57. The van der Waals surface area contributed by atoms with Gasteiger partial charge in [-0.05, 0) is 36.4 Å². The Hall–Kier alpha value is -3.55. The molecule has 0 spiro atoms. The Morgan fingerprint density at radius 1 is 1.00 bits per heavy atom. The van der Waals surface area contributed by atoms with Gasteiger partial charge in [0.1, 0.15) is 23.1 Å². The van der Waals surface area contributed by atoms with Gasteiger partial charge in [0.15, 0.2) is 11.5 Å². The first-order chi connectivity index (χ1) is 12.6. The molecule has 1 amide bonds. The lowest BCUT2D eigenvalue weighted by molar-refractivity contribution is 0.102. The van der Waals surface area contributed by atoms with E-state index in [0.29, 0.717) is 11.6 Å². The van der Waals surface area contributed by atoms with Crippen LogP contribution in [0.25, 0.3) is 0 Å². The van der Waals surface area contributed by atoms with E-state index in [2.05, 4.69) is 20.8 Å². The van der Waals surface area contributed by atoms with E-state index in [1.165, 1.54) is 18.2 Å². The average molecular weight is 356 g/mol. The van der Waals surface area contributed by atoms with Gasteiger partial charge in [-0.3, -0.25) is 4.79 Å². The lowest BCUT2D eigenvalue weighted by Crippen LogP contribution is -2.16. The number of ether oxygens (including phenoxy) is 1. The minimum atomic E-state index is -0.873. The molecule has 2 aromatic carbocycles. The molecule has 2 N–H and O–H groups in total. The Morgan fingerprint density at radius 3 is 2.38 bits per heavy atom. The van der Waals surface area contributed by atoms with Gasteiger partial charge in [0.2, 0.25) is 0 Å². The SMILES string of the molecule is COc1cccc(Nc2ccc(C(=O)Nc3c(F)cccc3F)nn2)c1. The first kappa shape index (κ1) is 17.3. The lowest BCUT2D eigenvalue weighted by atomic mass is 10.2. The van der Waals surface area contributed by atoms with Crippen LogP contribution in [0.2, 0.25) is 0 Å². The summed E-state index contributed by atoms with van der Waals surface area (Å²) < 4.78 is 32.3. The third-order valence-electron chi connectivity index (χ3n) is 3.44. The number of nitrogens with one attached hydrogen (secondary N) is 2. The number of rotatable bonds is 5. The molecule has 0 saturated carbocycles. The molecular formula is C18H14F2N4O2. The third-order valence-corrected chi connectivity index (χ3v) is 3.44. The Kier molecular flexibility index (Phi) is 5.02. The summed E-state index contributed by atoms with van der Waals surface area (Å²) in [7, 11) is 1.56. The van der Waals surface area contributed by atoms with Crippen molar-refractivity contribution in [1.82, 2.24) is 10.2 Å². The molecule has 0 radical (unpaired) electrons. The molecule has 0 bridgehead atoms. The van der Waals surface area contributed by atoms with Crippen molar-refractivity contribution < 1.29 is 18.3 Å². The van der Waals surface area contributed by atoms with Crippen molar-refractivity contribution in [1.29, 1.82) is 0 Å². The molecule has 132 valence electrons. The molecule has 1 aromatic heterocycles. The molecule has 0 aliphatic carbocycles. The van der Waals surface area contributed by atoms with Gasteiger partial charge in [-0.1, -0.05) is 12.1 Å². The number of carbonyl (C=O) groups excluding carboxylic acids is 1. The summed E-state index contributed by atoms with van der Waals surface area (Å²) in [4.78, 5) is 12.1. The number of carbonyl (C=O) groups is 1. The topological polar surface area (TPSA) is 76.1 Å². The summed E-state index contributed by atoms with van der Waals surface area (Å²) in [5, 5.41) is 12.8. The van der Waals surface area contributed by atoms with E-state index in [-0.39, 0.29) is 5.69 Å². The van der Waals surface area contributed by atoms with Crippen LogP contribution in [0.4, 0.5) is 26.0 Å². The number of aromatic nitrogens is 2. The van der Waals surface area contributed by atoms with Gasteiger partial charge < -0.3 is 15.4 Å². The maximum absolute atomic E-state index is 13.6. The van der Waals surface area contributed by atoms with Gasteiger partial charge in [0.05, 0.1) is 7.11 Å². The maximum Gasteiger partial charge on any atom is 0.276 e. The van der Waals surface area contributed by atoms with E-state index in [4.69, 9.17) is 4.74 Å². The van der Waals surface area contributed by atoms with Crippen molar-refractivity contribution in [2.24, 2.45) is 0 Å². The second-order valence-electron chi connectivity index (χ2n) is 5.21. The molecule has 3 rings (SSSR count). The van der Waals surface area contributed by atoms with Crippen LogP contribution in [0.3, 0.4) is 0 Å². The predicted octanol–water partition coefficient (Wildman–Crippen LogP) is 3.76. The largest absolute Gasteiger partial charge is 0.497 e. The number of para-hydroxylation sites is 1. The van der Waals surface area contributed by atoms with Crippen LogP contribution in [-0.4, -0.2) is 23.2 Å². The Balaban J connectivity index is 1.71. The predicted molar refractivity (Wildman–Crippen MR) is 92.6 cm³/mol. The van der Waals surface area contributed by atoms with Gasteiger partial charge in [-0.25, -0.2) is 8.78 Å². The monoisotopic (exact) mass is 356 g/mol. The fourth-order valence-corrected chi connectivity index (χ4v) is 2.16. The zero-order valence-corrected chi connectivity index (χ0v) is 13.7. The number of halogens is 2. The highest BCUT2D eigenvalue weighted by Gasteiger charge is 2.14. The fraction of sp³-hybridized carbons (Fsp3) is 0.0556. The van der Waals surface area contributed by atoms with Gasteiger partial charge in [-0.2, -0.15) is 0 Å². The summed E-state index contributed by atoms with van der Waals surface area (Å²) in [5.41, 5.74) is 0.117. The van der Waals surface area contributed by atoms with E-state index in [1.807, 2.05) is 6.07 Å². The minimum Gasteiger partial charge on any atom is -0.497 e. The van der Waals surface area contributed by atoms with E-state index in [9.17, 15) is 13.6 Å². The molecule has 0 unspecified atom stereocenters. The molecular weight excluding hydrogens is 342 g/mol. The number of hydrogen-bond donors (Lipinski definition) is 2. The Morgan fingerprint density at radius 2 is 1.73 bits per heavy atom. The van der Waals surface area contributed by atoms with Crippen molar-refractivity contribution in [3.8, 4) is 5.75 Å². The molecule has 0 aliphatic heterocycles. The average Bonchev–Trinajstić information content (AvgIpc) is 2.65. The molecule has 1 heterocycles. The van der Waals surface area contributed by atoms with E-state index < -0.39 is 23.2 Å². The van der Waals surface area contributed by atoms with Gasteiger partial charge >= 0.3 is 0 Å².